The highest BCUT2D eigenvalue weighted by atomic mass is 32.1. The molecular weight excluding hydrogens is 273 g/mol. The number of rotatable bonds is 3. The third kappa shape index (κ3) is 2.36. The Hall–Kier alpha value is -2.01. The quantitative estimate of drug-likeness (QED) is 0.780. The van der Waals surface area contributed by atoms with Crippen molar-refractivity contribution in [2.45, 2.75) is 19.9 Å². The summed E-state index contributed by atoms with van der Waals surface area (Å²) in [6, 6.07) is 6.58. The monoisotopic (exact) mass is 287 g/mol. The Labute approximate surface area is 120 Å². The molecule has 5 heteroatoms. The maximum Gasteiger partial charge on any atom is 0.147 e. The summed E-state index contributed by atoms with van der Waals surface area (Å²) in [5.41, 5.74) is 3.01. The topological polar surface area (TPSA) is 37.8 Å². The largest absolute Gasteiger partial charge is 0.362 e. The first-order chi connectivity index (χ1) is 9.65. The molecule has 0 radical (unpaired) electrons. The summed E-state index contributed by atoms with van der Waals surface area (Å²) in [6.07, 6.45) is 1.56. The standard InChI is InChI=1S/C15H14FN3S/c1-9-7-20-14-13(9)17-8-18-15(14)19-10(2)11-4-3-5-12(16)6-11/h3-8,10H,1-2H3,(H,17,18,19). The molecule has 0 spiro atoms. The average Bonchev–Trinajstić information content (AvgIpc) is 2.82. The second kappa shape index (κ2) is 5.17. The van der Waals surface area contributed by atoms with E-state index >= 15 is 0 Å². The van der Waals surface area contributed by atoms with E-state index in [-0.39, 0.29) is 11.9 Å². The number of aryl methyl sites for hydroxylation is 1. The molecule has 0 saturated heterocycles. The molecule has 3 nitrogen and oxygen atoms in total. The molecule has 0 saturated carbocycles. The van der Waals surface area contributed by atoms with Crippen LogP contribution in [0, 0.1) is 12.7 Å². The van der Waals surface area contributed by atoms with Crippen molar-refractivity contribution in [1.82, 2.24) is 9.97 Å². The van der Waals surface area contributed by atoms with Crippen LogP contribution in [0.2, 0.25) is 0 Å². The predicted molar refractivity (Wildman–Crippen MR) is 80.6 cm³/mol. The smallest absolute Gasteiger partial charge is 0.147 e. The van der Waals surface area contributed by atoms with Crippen LogP contribution in [0.1, 0.15) is 24.1 Å². The Bertz CT molecular complexity index is 754. The highest BCUT2D eigenvalue weighted by molar-refractivity contribution is 7.18. The Morgan fingerprint density at radius 1 is 1.30 bits per heavy atom. The van der Waals surface area contributed by atoms with Gasteiger partial charge in [-0.3, -0.25) is 0 Å². The summed E-state index contributed by atoms with van der Waals surface area (Å²) in [5, 5.41) is 5.40. The van der Waals surface area contributed by atoms with Crippen LogP contribution < -0.4 is 5.32 Å². The van der Waals surface area contributed by atoms with Crippen molar-refractivity contribution in [2.24, 2.45) is 0 Å². The number of benzene rings is 1. The lowest BCUT2D eigenvalue weighted by atomic mass is 10.1. The van der Waals surface area contributed by atoms with Gasteiger partial charge in [-0.1, -0.05) is 12.1 Å². The number of halogens is 1. The van der Waals surface area contributed by atoms with Crippen LogP contribution >= 0.6 is 11.3 Å². The lowest BCUT2D eigenvalue weighted by molar-refractivity contribution is 0.623. The molecule has 102 valence electrons. The van der Waals surface area contributed by atoms with Crippen molar-refractivity contribution < 1.29 is 4.39 Å². The molecule has 3 rings (SSSR count). The molecule has 0 bridgehead atoms. The molecule has 1 unspecified atom stereocenters. The van der Waals surface area contributed by atoms with E-state index < -0.39 is 0 Å². The summed E-state index contributed by atoms with van der Waals surface area (Å²) < 4.78 is 14.3. The van der Waals surface area contributed by atoms with Crippen LogP contribution in [0.5, 0.6) is 0 Å². The van der Waals surface area contributed by atoms with Gasteiger partial charge >= 0.3 is 0 Å². The molecule has 1 N–H and O–H groups in total. The van der Waals surface area contributed by atoms with Crippen molar-refractivity contribution in [1.29, 1.82) is 0 Å². The number of hydrogen-bond donors (Lipinski definition) is 1. The molecule has 0 aliphatic carbocycles. The predicted octanol–water partition coefficient (Wildman–Crippen LogP) is 4.31. The van der Waals surface area contributed by atoms with Gasteiger partial charge < -0.3 is 5.32 Å². The minimum atomic E-state index is -0.226. The van der Waals surface area contributed by atoms with Gasteiger partial charge in [0.1, 0.15) is 18.0 Å². The molecule has 0 fully saturated rings. The lowest BCUT2D eigenvalue weighted by Gasteiger charge is -2.15. The third-order valence-electron chi connectivity index (χ3n) is 3.23. The van der Waals surface area contributed by atoms with Crippen LogP contribution in [0.3, 0.4) is 0 Å². The van der Waals surface area contributed by atoms with E-state index in [2.05, 4.69) is 20.7 Å². The molecule has 1 aromatic carbocycles. The minimum Gasteiger partial charge on any atom is -0.362 e. The molecule has 0 aliphatic rings. The maximum atomic E-state index is 13.3. The second-order valence-corrected chi connectivity index (χ2v) is 5.62. The highest BCUT2D eigenvalue weighted by Gasteiger charge is 2.12. The highest BCUT2D eigenvalue weighted by Crippen LogP contribution is 2.30. The molecule has 3 aromatic rings. The maximum absolute atomic E-state index is 13.3. The van der Waals surface area contributed by atoms with Crippen molar-refractivity contribution in [2.75, 3.05) is 5.32 Å². The van der Waals surface area contributed by atoms with Crippen LogP contribution in [0.25, 0.3) is 10.2 Å². The van der Waals surface area contributed by atoms with Gasteiger partial charge in [0.15, 0.2) is 0 Å². The van der Waals surface area contributed by atoms with E-state index in [9.17, 15) is 4.39 Å². The van der Waals surface area contributed by atoms with Gasteiger partial charge in [0, 0.05) is 0 Å². The summed E-state index contributed by atoms with van der Waals surface area (Å²) in [5.74, 6) is 0.570. The zero-order chi connectivity index (χ0) is 14.1. The van der Waals surface area contributed by atoms with Gasteiger partial charge in [-0.05, 0) is 42.5 Å². The Balaban J connectivity index is 1.93. The van der Waals surface area contributed by atoms with E-state index in [1.807, 2.05) is 19.9 Å². The SMILES string of the molecule is Cc1csc2c(NC(C)c3cccc(F)c3)ncnc12. The summed E-state index contributed by atoms with van der Waals surface area (Å²) in [6.45, 7) is 4.02. The molecule has 2 aromatic heterocycles. The van der Waals surface area contributed by atoms with Crippen LogP contribution in [-0.2, 0) is 0 Å². The van der Waals surface area contributed by atoms with Crippen LogP contribution in [0.15, 0.2) is 36.0 Å². The van der Waals surface area contributed by atoms with E-state index in [4.69, 9.17) is 0 Å². The molecule has 0 aliphatic heterocycles. The fourth-order valence-corrected chi connectivity index (χ4v) is 3.09. The number of aromatic nitrogens is 2. The Morgan fingerprint density at radius 3 is 2.95 bits per heavy atom. The van der Waals surface area contributed by atoms with Gasteiger partial charge in [-0.25, -0.2) is 14.4 Å². The van der Waals surface area contributed by atoms with Crippen molar-refractivity contribution in [3.05, 3.63) is 52.9 Å². The molecule has 0 amide bonds. The average molecular weight is 287 g/mol. The number of thiophene rings is 1. The fourth-order valence-electron chi connectivity index (χ4n) is 2.14. The van der Waals surface area contributed by atoms with Crippen LogP contribution in [-0.4, -0.2) is 9.97 Å². The summed E-state index contributed by atoms with van der Waals surface area (Å²) in [4.78, 5) is 8.60. The first kappa shape index (κ1) is 13.0. The van der Waals surface area contributed by atoms with E-state index in [1.54, 1.807) is 23.7 Å². The van der Waals surface area contributed by atoms with E-state index in [0.29, 0.717) is 0 Å². The van der Waals surface area contributed by atoms with Gasteiger partial charge in [0.05, 0.1) is 16.3 Å². The molecular formula is C15H14FN3S. The number of anilines is 1. The summed E-state index contributed by atoms with van der Waals surface area (Å²) >= 11 is 1.62. The van der Waals surface area contributed by atoms with Crippen molar-refractivity contribution >= 4 is 27.4 Å². The zero-order valence-electron chi connectivity index (χ0n) is 11.2. The number of hydrogen-bond acceptors (Lipinski definition) is 4. The van der Waals surface area contributed by atoms with Crippen molar-refractivity contribution in [3.8, 4) is 0 Å². The van der Waals surface area contributed by atoms with E-state index in [0.717, 1.165) is 27.2 Å². The van der Waals surface area contributed by atoms with E-state index in [1.165, 1.54) is 12.1 Å². The van der Waals surface area contributed by atoms with Crippen LogP contribution in [0.4, 0.5) is 10.2 Å². The first-order valence-corrected chi connectivity index (χ1v) is 7.24. The molecule has 1 atom stereocenters. The number of nitrogens with one attached hydrogen (secondary N) is 1. The number of fused-ring (bicyclic) bond motifs is 1. The minimum absolute atomic E-state index is 0.0220. The Kier molecular flexibility index (Phi) is 3.36. The van der Waals surface area contributed by atoms with Gasteiger partial charge in [-0.2, -0.15) is 0 Å². The molecule has 20 heavy (non-hydrogen) atoms. The first-order valence-electron chi connectivity index (χ1n) is 6.36. The molecule has 2 heterocycles. The van der Waals surface area contributed by atoms with Gasteiger partial charge in [0.25, 0.3) is 0 Å². The summed E-state index contributed by atoms with van der Waals surface area (Å²) in [7, 11) is 0. The van der Waals surface area contributed by atoms with Crippen molar-refractivity contribution in [3.63, 3.8) is 0 Å². The third-order valence-corrected chi connectivity index (χ3v) is 4.33. The Morgan fingerprint density at radius 2 is 2.15 bits per heavy atom. The van der Waals surface area contributed by atoms with Gasteiger partial charge in [-0.15, -0.1) is 11.3 Å². The number of nitrogens with zero attached hydrogens (tertiary/aromatic N) is 2. The van der Waals surface area contributed by atoms with Gasteiger partial charge in [0.2, 0.25) is 0 Å². The normalized spacial score (nSPS) is 12.6. The fraction of sp³-hybridized carbons (Fsp3) is 0.200. The lowest BCUT2D eigenvalue weighted by Crippen LogP contribution is -2.08. The second-order valence-electron chi connectivity index (χ2n) is 4.74. The zero-order valence-corrected chi connectivity index (χ0v) is 12.0.